The molecule has 0 aromatic heterocycles. The Kier molecular flexibility index (Phi) is 3.46. The van der Waals surface area contributed by atoms with E-state index >= 15 is 0 Å². The first-order chi connectivity index (χ1) is 8.29. The van der Waals surface area contributed by atoms with E-state index in [9.17, 15) is 0 Å². The first-order valence-electron chi connectivity index (χ1n) is 5.46. The van der Waals surface area contributed by atoms with Crippen molar-refractivity contribution in [1.29, 1.82) is 0 Å². The van der Waals surface area contributed by atoms with Crippen LogP contribution in [0.4, 0.5) is 5.69 Å². The second kappa shape index (κ2) is 5.21. The molecule has 0 bridgehead atoms. The van der Waals surface area contributed by atoms with E-state index in [-0.39, 0.29) is 0 Å². The molecule has 2 aromatic carbocycles. The summed E-state index contributed by atoms with van der Waals surface area (Å²) in [6, 6.07) is 15.7. The fourth-order valence-corrected chi connectivity index (χ4v) is 1.59. The summed E-state index contributed by atoms with van der Waals surface area (Å²) in [6.07, 6.45) is 4.03. The SMILES string of the molecule is COc1cccc(/C=C/c2ccccc2N)c1. The predicted octanol–water partition coefficient (Wildman–Crippen LogP) is 3.45. The maximum Gasteiger partial charge on any atom is 0.119 e. The van der Waals surface area contributed by atoms with E-state index in [0.717, 1.165) is 22.6 Å². The van der Waals surface area contributed by atoms with Crippen LogP contribution in [0, 0.1) is 0 Å². The van der Waals surface area contributed by atoms with Gasteiger partial charge in [0, 0.05) is 5.69 Å². The number of ether oxygens (including phenoxy) is 1. The second-order valence-corrected chi connectivity index (χ2v) is 3.74. The molecule has 2 N–H and O–H groups in total. The van der Waals surface area contributed by atoms with E-state index in [1.165, 1.54) is 0 Å². The molecule has 86 valence electrons. The Morgan fingerprint density at radius 3 is 2.59 bits per heavy atom. The van der Waals surface area contributed by atoms with E-state index in [1.807, 2.05) is 60.7 Å². The molecule has 0 amide bonds. The number of benzene rings is 2. The topological polar surface area (TPSA) is 35.2 Å². The number of nitrogens with two attached hydrogens (primary N) is 1. The molecule has 0 fully saturated rings. The lowest BCUT2D eigenvalue weighted by Gasteiger charge is -2.01. The van der Waals surface area contributed by atoms with Crippen LogP contribution in [0.25, 0.3) is 12.2 Å². The van der Waals surface area contributed by atoms with Gasteiger partial charge in [0.2, 0.25) is 0 Å². The Bertz CT molecular complexity index is 532. The lowest BCUT2D eigenvalue weighted by Crippen LogP contribution is -1.87. The fraction of sp³-hybridized carbons (Fsp3) is 0.0667. The molecule has 2 aromatic rings. The number of methoxy groups -OCH3 is 1. The van der Waals surface area contributed by atoms with Crippen molar-refractivity contribution in [3.05, 3.63) is 59.7 Å². The van der Waals surface area contributed by atoms with Crippen LogP contribution >= 0.6 is 0 Å². The van der Waals surface area contributed by atoms with Crippen molar-refractivity contribution in [2.75, 3.05) is 12.8 Å². The van der Waals surface area contributed by atoms with Crippen molar-refractivity contribution in [1.82, 2.24) is 0 Å². The molecule has 2 nitrogen and oxygen atoms in total. The third kappa shape index (κ3) is 2.88. The molecule has 2 rings (SSSR count). The molecule has 0 heterocycles. The van der Waals surface area contributed by atoms with E-state index in [4.69, 9.17) is 10.5 Å². The van der Waals surface area contributed by atoms with E-state index in [1.54, 1.807) is 7.11 Å². The summed E-state index contributed by atoms with van der Waals surface area (Å²) in [6.45, 7) is 0. The zero-order valence-corrected chi connectivity index (χ0v) is 9.76. The Labute approximate surface area is 101 Å². The predicted molar refractivity (Wildman–Crippen MR) is 72.8 cm³/mol. The summed E-state index contributed by atoms with van der Waals surface area (Å²) in [5.74, 6) is 0.855. The number of para-hydroxylation sites is 1. The van der Waals surface area contributed by atoms with Gasteiger partial charge >= 0.3 is 0 Å². The molecule has 0 atom stereocenters. The first-order valence-corrected chi connectivity index (χ1v) is 5.46. The molecule has 0 unspecified atom stereocenters. The second-order valence-electron chi connectivity index (χ2n) is 3.74. The van der Waals surface area contributed by atoms with Gasteiger partial charge < -0.3 is 10.5 Å². The smallest absolute Gasteiger partial charge is 0.119 e. The summed E-state index contributed by atoms with van der Waals surface area (Å²) < 4.78 is 5.17. The van der Waals surface area contributed by atoms with Gasteiger partial charge in [0.05, 0.1) is 7.11 Å². The molecule has 0 saturated heterocycles. The zero-order valence-electron chi connectivity index (χ0n) is 9.76. The van der Waals surface area contributed by atoms with Crippen LogP contribution in [0.15, 0.2) is 48.5 Å². The van der Waals surface area contributed by atoms with Crippen molar-refractivity contribution < 1.29 is 4.74 Å². The van der Waals surface area contributed by atoms with Gasteiger partial charge in [0.1, 0.15) is 5.75 Å². The highest BCUT2D eigenvalue weighted by Crippen LogP contribution is 2.17. The first kappa shape index (κ1) is 11.3. The Morgan fingerprint density at radius 2 is 1.82 bits per heavy atom. The third-order valence-corrected chi connectivity index (χ3v) is 2.55. The molecule has 0 aliphatic heterocycles. The summed E-state index contributed by atoms with van der Waals surface area (Å²) in [5.41, 5.74) is 8.76. The maximum absolute atomic E-state index is 5.86. The number of rotatable bonds is 3. The van der Waals surface area contributed by atoms with Gasteiger partial charge in [-0.2, -0.15) is 0 Å². The minimum Gasteiger partial charge on any atom is -0.497 e. The highest BCUT2D eigenvalue weighted by atomic mass is 16.5. The zero-order chi connectivity index (χ0) is 12.1. The van der Waals surface area contributed by atoms with Crippen LogP contribution in [-0.4, -0.2) is 7.11 Å². The number of anilines is 1. The van der Waals surface area contributed by atoms with E-state index in [0.29, 0.717) is 0 Å². The summed E-state index contributed by atoms with van der Waals surface area (Å²) >= 11 is 0. The minimum absolute atomic E-state index is 0.784. The van der Waals surface area contributed by atoms with Crippen molar-refractivity contribution in [3.63, 3.8) is 0 Å². The highest BCUT2D eigenvalue weighted by Gasteiger charge is 1.94. The van der Waals surface area contributed by atoms with Gasteiger partial charge in [-0.15, -0.1) is 0 Å². The highest BCUT2D eigenvalue weighted by molar-refractivity contribution is 5.75. The van der Waals surface area contributed by atoms with Crippen LogP contribution in [-0.2, 0) is 0 Å². The lowest BCUT2D eigenvalue weighted by molar-refractivity contribution is 0.414. The van der Waals surface area contributed by atoms with Crippen molar-refractivity contribution in [2.45, 2.75) is 0 Å². The van der Waals surface area contributed by atoms with Crippen molar-refractivity contribution in [3.8, 4) is 5.75 Å². The summed E-state index contributed by atoms with van der Waals surface area (Å²) in [5, 5.41) is 0. The number of hydrogen-bond donors (Lipinski definition) is 1. The minimum atomic E-state index is 0.784. The van der Waals surface area contributed by atoms with Crippen molar-refractivity contribution in [2.24, 2.45) is 0 Å². The largest absolute Gasteiger partial charge is 0.497 e. The van der Waals surface area contributed by atoms with Gasteiger partial charge in [-0.3, -0.25) is 0 Å². The molecule has 0 radical (unpaired) electrons. The van der Waals surface area contributed by atoms with Gasteiger partial charge in [-0.05, 0) is 29.3 Å². The normalized spacial score (nSPS) is 10.6. The van der Waals surface area contributed by atoms with E-state index in [2.05, 4.69) is 0 Å². The summed E-state index contributed by atoms with van der Waals surface area (Å²) in [7, 11) is 1.66. The molecule has 0 spiro atoms. The van der Waals surface area contributed by atoms with Gasteiger partial charge in [0.25, 0.3) is 0 Å². The number of nitrogen functional groups attached to an aromatic ring is 1. The molecule has 2 heteroatoms. The maximum atomic E-state index is 5.86. The fourth-order valence-electron chi connectivity index (χ4n) is 1.59. The molecule has 17 heavy (non-hydrogen) atoms. The molecular weight excluding hydrogens is 210 g/mol. The lowest BCUT2D eigenvalue weighted by atomic mass is 10.1. The van der Waals surface area contributed by atoms with Crippen LogP contribution in [0.2, 0.25) is 0 Å². The van der Waals surface area contributed by atoms with Crippen LogP contribution in [0.3, 0.4) is 0 Å². The molecule has 0 aliphatic rings. The average molecular weight is 225 g/mol. The van der Waals surface area contributed by atoms with Crippen LogP contribution in [0.5, 0.6) is 5.75 Å². The van der Waals surface area contributed by atoms with Gasteiger partial charge in [-0.1, -0.05) is 42.5 Å². The Morgan fingerprint density at radius 1 is 1.00 bits per heavy atom. The Balaban J connectivity index is 2.23. The standard InChI is InChI=1S/C15H15NO/c1-17-14-7-4-5-12(11-14)9-10-13-6-2-3-8-15(13)16/h2-11H,16H2,1H3/b10-9+. The van der Waals surface area contributed by atoms with Gasteiger partial charge in [-0.25, -0.2) is 0 Å². The quantitative estimate of drug-likeness (QED) is 0.641. The molecule has 0 aliphatic carbocycles. The molecular formula is C15H15NO. The summed E-state index contributed by atoms with van der Waals surface area (Å²) in [4.78, 5) is 0. The van der Waals surface area contributed by atoms with Crippen molar-refractivity contribution >= 4 is 17.8 Å². The third-order valence-electron chi connectivity index (χ3n) is 2.55. The van der Waals surface area contributed by atoms with Crippen LogP contribution in [0.1, 0.15) is 11.1 Å². The van der Waals surface area contributed by atoms with Gasteiger partial charge in [0.15, 0.2) is 0 Å². The van der Waals surface area contributed by atoms with E-state index < -0.39 is 0 Å². The molecule has 0 saturated carbocycles. The monoisotopic (exact) mass is 225 g/mol. The number of hydrogen-bond acceptors (Lipinski definition) is 2. The Hall–Kier alpha value is -2.22. The average Bonchev–Trinajstić information content (AvgIpc) is 2.38. The van der Waals surface area contributed by atoms with Crippen LogP contribution < -0.4 is 10.5 Å².